The van der Waals surface area contributed by atoms with Crippen LogP contribution in [0.1, 0.15) is 0 Å². The molecular weight excluding hydrogens is 195 g/mol. The summed E-state index contributed by atoms with van der Waals surface area (Å²) in [5, 5.41) is 1.93. The smallest absolute Gasteiger partial charge is 0.0934 e. The summed E-state index contributed by atoms with van der Waals surface area (Å²) in [5.41, 5.74) is 0.694. The molecule has 0 N–H and O–H groups in total. The monoisotopic (exact) mass is 198 g/mol. The number of fused-ring (bicyclic) bond motifs is 1. The van der Waals surface area contributed by atoms with Gasteiger partial charge >= 0.3 is 0 Å². The second kappa shape index (κ2) is 2.88. The zero-order chi connectivity index (χ0) is 8.55. The first-order valence-corrected chi connectivity index (χ1v) is 4.08. The third kappa shape index (κ3) is 1.13. The fraction of sp³-hybridized carbons (Fsp3) is 0. The number of nitrogens with zero attached hydrogens (tertiary/aromatic N) is 2. The molecule has 0 amide bonds. The second-order valence-corrected chi connectivity index (χ2v) is 3.12. The standard InChI is InChI=1S/C8H4Cl2N2/c9-6-1-2-12-8-5(6)3-11-4-7(8)10/h1-4H. The van der Waals surface area contributed by atoms with Gasteiger partial charge in [0.05, 0.1) is 15.6 Å². The van der Waals surface area contributed by atoms with Crippen LogP contribution in [-0.4, -0.2) is 9.97 Å². The minimum absolute atomic E-state index is 0.523. The SMILES string of the molecule is Clc1ccnc2c(Cl)cncc12. The Morgan fingerprint density at radius 3 is 2.67 bits per heavy atom. The highest BCUT2D eigenvalue weighted by molar-refractivity contribution is 6.38. The summed E-state index contributed by atoms with van der Waals surface area (Å²) in [6, 6.07) is 1.71. The first-order chi connectivity index (χ1) is 5.79. The van der Waals surface area contributed by atoms with Crippen LogP contribution in [0.25, 0.3) is 10.9 Å². The van der Waals surface area contributed by atoms with Gasteiger partial charge in [-0.05, 0) is 6.07 Å². The lowest BCUT2D eigenvalue weighted by molar-refractivity contribution is 1.32. The quantitative estimate of drug-likeness (QED) is 0.651. The van der Waals surface area contributed by atoms with Crippen LogP contribution in [0.5, 0.6) is 0 Å². The van der Waals surface area contributed by atoms with Gasteiger partial charge in [0.1, 0.15) is 0 Å². The van der Waals surface area contributed by atoms with Crippen molar-refractivity contribution < 1.29 is 0 Å². The van der Waals surface area contributed by atoms with E-state index in [9.17, 15) is 0 Å². The lowest BCUT2D eigenvalue weighted by Crippen LogP contribution is -1.82. The van der Waals surface area contributed by atoms with Crippen molar-refractivity contribution in [3.63, 3.8) is 0 Å². The predicted octanol–water partition coefficient (Wildman–Crippen LogP) is 2.94. The minimum atomic E-state index is 0.523. The van der Waals surface area contributed by atoms with E-state index in [0.717, 1.165) is 5.39 Å². The van der Waals surface area contributed by atoms with E-state index in [-0.39, 0.29) is 0 Å². The van der Waals surface area contributed by atoms with Gasteiger partial charge in [-0.2, -0.15) is 0 Å². The van der Waals surface area contributed by atoms with Gasteiger partial charge in [0.25, 0.3) is 0 Å². The molecule has 0 bridgehead atoms. The molecule has 0 spiro atoms. The third-order valence-corrected chi connectivity index (χ3v) is 2.16. The van der Waals surface area contributed by atoms with Crippen LogP contribution in [0.2, 0.25) is 10.0 Å². The molecule has 0 fully saturated rings. The summed E-state index contributed by atoms with van der Waals surface area (Å²) >= 11 is 11.7. The lowest BCUT2D eigenvalue weighted by Gasteiger charge is -1.98. The normalized spacial score (nSPS) is 10.5. The van der Waals surface area contributed by atoms with Crippen LogP contribution in [0, 0.1) is 0 Å². The van der Waals surface area contributed by atoms with E-state index in [1.54, 1.807) is 24.7 Å². The van der Waals surface area contributed by atoms with E-state index >= 15 is 0 Å². The van der Waals surface area contributed by atoms with Crippen molar-refractivity contribution in [1.82, 2.24) is 9.97 Å². The summed E-state index contributed by atoms with van der Waals surface area (Å²) in [6.45, 7) is 0. The Balaban J connectivity index is 2.94. The van der Waals surface area contributed by atoms with Gasteiger partial charge in [-0.15, -0.1) is 0 Å². The summed E-state index contributed by atoms with van der Waals surface area (Å²) in [6.07, 6.45) is 4.82. The highest BCUT2D eigenvalue weighted by atomic mass is 35.5. The van der Waals surface area contributed by atoms with Crippen LogP contribution in [0.3, 0.4) is 0 Å². The predicted molar refractivity (Wildman–Crippen MR) is 49.6 cm³/mol. The highest BCUT2D eigenvalue weighted by Gasteiger charge is 2.02. The van der Waals surface area contributed by atoms with E-state index in [1.807, 2.05) is 0 Å². The fourth-order valence-corrected chi connectivity index (χ4v) is 1.40. The molecule has 2 nitrogen and oxygen atoms in total. The molecule has 0 aliphatic carbocycles. The number of pyridine rings is 2. The molecule has 4 heteroatoms. The van der Waals surface area contributed by atoms with Crippen LogP contribution in [-0.2, 0) is 0 Å². The Labute approximate surface area is 79.2 Å². The average Bonchev–Trinajstić information content (AvgIpc) is 2.07. The first-order valence-electron chi connectivity index (χ1n) is 3.33. The van der Waals surface area contributed by atoms with E-state index in [4.69, 9.17) is 23.2 Å². The van der Waals surface area contributed by atoms with Crippen LogP contribution in [0.15, 0.2) is 24.7 Å². The summed E-state index contributed by atoms with van der Waals surface area (Å²) in [4.78, 5) is 8.00. The van der Waals surface area contributed by atoms with Gasteiger partial charge < -0.3 is 0 Å². The molecule has 0 aliphatic heterocycles. The van der Waals surface area contributed by atoms with Gasteiger partial charge in [-0.3, -0.25) is 9.97 Å². The van der Waals surface area contributed by atoms with Crippen molar-refractivity contribution >= 4 is 34.1 Å². The van der Waals surface area contributed by atoms with Gasteiger partial charge in [0, 0.05) is 24.0 Å². The number of aromatic nitrogens is 2. The van der Waals surface area contributed by atoms with Gasteiger partial charge in [0.15, 0.2) is 0 Å². The Morgan fingerprint density at radius 1 is 1.08 bits per heavy atom. The molecule has 0 aliphatic rings. The second-order valence-electron chi connectivity index (χ2n) is 2.31. The van der Waals surface area contributed by atoms with Gasteiger partial charge in [0.2, 0.25) is 0 Å². The van der Waals surface area contributed by atoms with Crippen molar-refractivity contribution in [3.8, 4) is 0 Å². The van der Waals surface area contributed by atoms with E-state index in [2.05, 4.69) is 9.97 Å². The minimum Gasteiger partial charge on any atom is -0.262 e. The van der Waals surface area contributed by atoms with E-state index in [0.29, 0.717) is 15.6 Å². The van der Waals surface area contributed by atoms with Crippen molar-refractivity contribution in [2.24, 2.45) is 0 Å². The molecule has 2 aromatic rings. The summed E-state index contributed by atoms with van der Waals surface area (Å²) in [5.74, 6) is 0. The summed E-state index contributed by atoms with van der Waals surface area (Å²) in [7, 11) is 0. The number of halogens is 2. The molecule has 0 saturated heterocycles. The van der Waals surface area contributed by atoms with Crippen LogP contribution in [0.4, 0.5) is 0 Å². The third-order valence-electron chi connectivity index (χ3n) is 1.55. The first kappa shape index (κ1) is 7.77. The molecule has 2 aromatic heterocycles. The molecule has 0 radical (unpaired) electrons. The Kier molecular flexibility index (Phi) is 1.87. The Hall–Kier alpha value is -0.860. The molecule has 0 aromatic carbocycles. The van der Waals surface area contributed by atoms with Crippen molar-refractivity contribution in [1.29, 1.82) is 0 Å². The zero-order valence-electron chi connectivity index (χ0n) is 5.96. The molecule has 0 unspecified atom stereocenters. The fourth-order valence-electron chi connectivity index (χ4n) is 1.00. The number of hydrogen-bond acceptors (Lipinski definition) is 2. The molecule has 0 saturated carbocycles. The highest BCUT2D eigenvalue weighted by Crippen LogP contribution is 2.25. The topological polar surface area (TPSA) is 25.8 Å². The molecule has 2 rings (SSSR count). The van der Waals surface area contributed by atoms with Crippen molar-refractivity contribution in [2.45, 2.75) is 0 Å². The lowest BCUT2D eigenvalue weighted by atomic mass is 10.3. The molecule has 0 atom stereocenters. The molecule has 12 heavy (non-hydrogen) atoms. The van der Waals surface area contributed by atoms with Gasteiger partial charge in [-0.25, -0.2) is 0 Å². The molecular formula is C8H4Cl2N2. The number of hydrogen-bond donors (Lipinski definition) is 0. The maximum absolute atomic E-state index is 5.89. The summed E-state index contributed by atoms with van der Waals surface area (Å²) < 4.78 is 0. The van der Waals surface area contributed by atoms with Gasteiger partial charge in [-0.1, -0.05) is 23.2 Å². The van der Waals surface area contributed by atoms with Crippen molar-refractivity contribution in [3.05, 3.63) is 34.7 Å². The molecule has 60 valence electrons. The Bertz CT molecular complexity index is 387. The maximum Gasteiger partial charge on any atom is 0.0934 e. The maximum atomic E-state index is 5.89. The number of rotatable bonds is 0. The van der Waals surface area contributed by atoms with Crippen LogP contribution >= 0.6 is 23.2 Å². The van der Waals surface area contributed by atoms with Crippen molar-refractivity contribution in [2.75, 3.05) is 0 Å². The zero-order valence-corrected chi connectivity index (χ0v) is 7.47. The van der Waals surface area contributed by atoms with E-state index in [1.165, 1.54) is 0 Å². The van der Waals surface area contributed by atoms with Crippen LogP contribution < -0.4 is 0 Å². The molecule has 2 heterocycles. The Morgan fingerprint density at radius 2 is 1.92 bits per heavy atom. The average molecular weight is 199 g/mol. The largest absolute Gasteiger partial charge is 0.262 e. The van der Waals surface area contributed by atoms with E-state index < -0.39 is 0 Å².